The molecule has 0 atom stereocenters. The Balaban J connectivity index is 2.35. The molecule has 0 fully saturated rings. The highest BCUT2D eigenvalue weighted by Crippen LogP contribution is 2.09. The number of methoxy groups -OCH3 is 1. The van der Waals surface area contributed by atoms with Gasteiger partial charge < -0.3 is 9.47 Å². The van der Waals surface area contributed by atoms with E-state index in [-0.39, 0.29) is 6.61 Å². The van der Waals surface area contributed by atoms with Crippen LogP contribution in [0.2, 0.25) is 0 Å². The average molecular weight is 297 g/mol. The van der Waals surface area contributed by atoms with Crippen molar-refractivity contribution in [3.8, 4) is 0 Å². The maximum Gasteiger partial charge on any atom is 0.360 e. The third-order valence-corrected chi connectivity index (χ3v) is 3.42. The fourth-order valence-corrected chi connectivity index (χ4v) is 2.09. The van der Waals surface area contributed by atoms with Crippen molar-refractivity contribution in [2.45, 2.75) is 58.9 Å². The van der Waals surface area contributed by atoms with E-state index in [1.807, 2.05) is 6.92 Å². The number of carbonyl (C=O) groups excluding carboxylic acids is 1. The van der Waals surface area contributed by atoms with Gasteiger partial charge in [0.25, 0.3) is 0 Å². The number of hydrogen-bond acceptors (Lipinski definition) is 5. The zero-order chi connectivity index (χ0) is 15.5. The molecule has 0 aliphatic heterocycles. The summed E-state index contributed by atoms with van der Waals surface area (Å²) in [7, 11) is 1.57. The van der Waals surface area contributed by atoms with Crippen LogP contribution in [0.3, 0.4) is 0 Å². The van der Waals surface area contributed by atoms with E-state index in [4.69, 9.17) is 9.47 Å². The first-order valence-corrected chi connectivity index (χ1v) is 7.76. The van der Waals surface area contributed by atoms with Crippen LogP contribution in [0.5, 0.6) is 0 Å². The fraction of sp³-hybridized carbons (Fsp3) is 0.800. The molecule has 1 aromatic heterocycles. The quantitative estimate of drug-likeness (QED) is 0.464. The van der Waals surface area contributed by atoms with Crippen molar-refractivity contribution in [2.75, 3.05) is 20.3 Å². The smallest absolute Gasteiger partial charge is 0.360 e. The highest BCUT2D eigenvalue weighted by atomic mass is 16.6. The monoisotopic (exact) mass is 297 g/mol. The molecule has 0 radical (unpaired) electrons. The largest absolute Gasteiger partial charge is 0.458 e. The van der Waals surface area contributed by atoms with E-state index in [9.17, 15) is 4.79 Å². The van der Waals surface area contributed by atoms with Gasteiger partial charge in [-0.15, -0.1) is 5.10 Å². The molecule has 0 saturated carbocycles. The van der Waals surface area contributed by atoms with Gasteiger partial charge in [-0.3, -0.25) is 0 Å². The minimum absolute atomic E-state index is 0.235. The molecule has 6 heteroatoms. The standard InChI is InChI=1S/C15H27N3O3/c1-4-5-6-7-8-9-10-18-13(2)14(16-17-18)15(19)21-12-11-20-3/h4-12H2,1-3H3. The minimum Gasteiger partial charge on any atom is -0.458 e. The molecule has 6 nitrogen and oxygen atoms in total. The Hall–Kier alpha value is -1.43. The normalized spacial score (nSPS) is 10.8. The summed E-state index contributed by atoms with van der Waals surface area (Å²) in [6, 6.07) is 0. The maximum atomic E-state index is 11.8. The minimum atomic E-state index is -0.432. The lowest BCUT2D eigenvalue weighted by Gasteiger charge is -2.04. The highest BCUT2D eigenvalue weighted by Gasteiger charge is 2.17. The van der Waals surface area contributed by atoms with Crippen molar-refractivity contribution in [3.63, 3.8) is 0 Å². The first-order chi connectivity index (χ1) is 10.2. The summed E-state index contributed by atoms with van der Waals surface area (Å²) in [6.07, 6.45) is 7.37. The van der Waals surface area contributed by atoms with Gasteiger partial charge in [0, 0.05) is 13.7 Å². The van der Waals surface area contributed by atoms with Gasteiger partial charge in [-0.1, -0.05) is 44.2 Å². The Labute approximate surface area is 126 Å². The molecule has 0 amide bonds. The van der Waals surface area contributed by atoms with Gasteiger partial charge >= 0.3 is 5.97 Å². The predicted octanol–water partition coefficient (Wildman–Crippen LogP) is 2.75. The van der Waals surface area contributed by atoms with Crippen molar-refractivity contribution < 1.29 is 14.3 Å². The molecule has 21 heavy (non-hydrogen) atoms. The van der Waals surface area contributed by atoms with Crippen LogP contribution in [0.1, 0.15) is 61.6 Å². The lowest BCUT2D eigenvalue weighted by molar-refractivity contribution is 0.0380. The van der Waals surface area contributed by atoms with Crippen LogP contribution in [-0.2, 0) is 16.0 Å². The van der Waals surface area contributed by atoms with Crippen LogP contribution in [0.15, 0.2) is 0 Å². The number of carbonyl (C=O) groups is 1. The maximum absolute atomic E-state index is 11.8. The lowest BCUT2D eigenvalue weighted by atomic mass is 10.1. The summed E-state index contributed by atoms with van der Waals surface area (Å²) < 4.78 is 11.7. The molecule has 120 valence electrons. The topological polar surface area (TPSA) is 66.2 Å². The van der Waals surface area contributed by atoms with E-state index >= 15 is 0 Å². The van der Waals surface area contributed by atoms with Gasteiger partial charge in [0.15, 0.2) is 5.69 Å². The zero-order valence-electron chi connectivity index (χ0n) is 13.4. The molecule has 0 aliphatic carbocycles. The van der Waals surface area contributed by atoms with E-state index in [0.717, 1.165) is 18.7 Å². The lowest BCUT2D eigenvalue weighted by Crippen LogP contribution is -2.12. The Morgan fingerprint density at radius 3 is 2.57 bits per heavy atom. The second-order valence-electron chi connectivity index (χ2n) is 5.14. The summed E-state index contributed by atoms with van der Waals surface area (Å²) in [5, 5.41) is 7.95. The SMILES string of the molecule is CCCCCCCCn1nnc(C(=O)OCCOC)c1C. The van der Waals surface area contributed by atoms with Crippen molar-refractivity contribution in [1.82, 2.24) is 15.0 Å². The van der Waals surface area contributed by atoms with Gasteiger partial charge in [-0.25, -0.2) is 9.48 Å². The van der Waals surface area contributed by atoms with Gasteiger partial charge in [-0.2, -0.15) is 0 Å². The van der Waals surface area contributed by atoms with E-state index in [1.165, 1.54) is 32.1 Å². The van der Waals surface area contributed by atoms with Gasteiger partial charge in [0.2, 0.25) is 0 Å². The number of esters is 1. The number of aromatic nitrogens is 3. The van der Waals surface area contributed by atoms with E-state index in [2.05, 4.69) is 17.2 Å². The highest BCUT2D eigenvalue weighted by molar-refractivity contribution is 5.88. The second-order valence-corrected chi connectivity index (χ2v) is 5.14. The molecule has 1 heterocycles. The molecule has 0 saturated heterocycles. The molecule has 0 unspecified atom stereocenters. The Morgan fingerprint density at radius 1 is 1.14 bits per heavy atom. The first-order valence-electron chi connectivity index (χ1n) is 7.76. The molecule has 0 N–H and O–H groups in total. The fourth-order valence-electron chi connectivity index (χ4n) is 2.09. The summed E-state index contributed by atoms with van der Waals surface area (Å²) >= 11 is 0. The molecule has 1 rings (SSSR count). The zero-order valence-corrected chi connectivity index (χ0v) is 13.4. The number of unbranched alkanes of at least 4 members (excludes halogenated alkanes) is 5. The van der Waals surface area contributed by atoms with Gasteiger partial charge in [0.1, 0.15) is 6.61 Å². The Kier molecular flexibility index (Phi) is 8.66. The van der Waals surface area contributed by atoms with E-state index in [1.54, 1.807) is 11.8 Å². The number of ether oxygens (including phenoxy) is 2. The van der Waals surface area contributed by atoms with Gasteiger partial charge in [0.05, 0.1) is 12.3 Å². The number of rotatable bonds is 11. The molecule has 0 aliphatic rings. The van der Waals surface area contributed by atoms with Crippen LogP contribution < -0.4 is 0 Å². The summed E-state index contributed by atoms with van der Waals surface area (Å²) in [5.74, 6) is -0.432. The van der Waals surface area contributed by atoms with Crippen LogP contribution in [0.4, 0.5) is 0 Å². The Bertz CT molecular complexity index is 418. The van der Waals surface area contributed by atoms with Crippen molar-refractivity contribution in [2.24, 2.45) is 0 Å². The first kappa shape index (κ1) is 17.6. The predicted molar refractivity (Wildman–Crippen MR) is 80.3 cm³/mol. The molecular formula is C15H27N3O3. The Morgan fingerprint density at radius 2 is 1.86 bits per heavy atom. The van der Waals surface area contributed by atoms with Gasteiger partial charge in [-0.05, 0) is 13.3 Å². The van der Waals surface area contributed by atoms with Crippen LogP contribution >= 0.6 is 0 Å². The van der Waals surface area contributed by atoms with Crippen molar-refractivity contribution in [1.29, 1.82) is 0 Å². The molecule has 0 aromatic carbocycles. The third kappa shape index (κ3) is 6.25. The van der Waals surface area contributed by atoms with Crippen LogP contribution in [0.25, 0.3) is 0 Å². The summed E-state index contributed by atoms with van der Waals surface area (Å²) in [5.41, 5.74) is 1.07. The average Bonchev–Trinajstić information content (AvgIpc) is 2.84. The molecule has 1 aromatic rings. The van der Waals surface area contributed by atoms with E-state index in [0.29, 0.717) is 12.3 Å². The number of aryl methyl sites for hydroxylation is 1. The third-order valence-electron chi connectivity index (χ3n) is 3.42. The van der Waals surface area contributed by atoms with Crippen molar-refractivity contribution >= 4 is 5.97 Å². The molecular weight excluding hydrogens is 270 g/mol. The molecule has 0 bridgehead atoms. The van der Waals surface area contributed by atoms with Crippen LogP contribution in [-0.4, -0.2) is 41.3 Å². The van der Waals surface area contributed by atoms with Crippen molar-refractivity contribution in [3.05, 3.63) is 11.4 Å². The summed E-state index contributed by atoms with van der Waals surface area (Å²) in [6.45, 7) is 5.49. The van der Waals surface area contributed by atoms with Crippen LogP contribution in [0, 0.1) is 6.92 Å². The number of hydrogen-bond donors (Lipinski definition) is 0. The molecule has 0 spiro atoms. The van der Waals surface area contributed by atoms with E-state index < -0.39 is 5.97 Å². The number of nitrogens with zero attached hydrogens (tertiary/aromatic N) is 3. The summed E-state index contributed by atoms with van der Waals surface area (Å²) in [4.78, 5) is 11.8. The second kappa shape index (κ2) is 10.3.